The van der Waals surface area contributed by atoms with Gasteiger partial charge in [-0.2, -0.15) is 12.6 Å². The average molecular weight is 175 g/mol. The van der Waals surface area contributed by atoms with Gasteiger partial charge in [-0.1, -0.05) is 13.8 Å². The standard InChI is InChI=1S/C9H21NS/c1-5-9(3,7-8-11)10(4)6-2/h11H,5-8H2,1-4H3. The van der Waals surface area contributed by atoms with Gasteiger partial charge in [0.15, 0.2) is 0 Å². The van der Waals surface area contributed by atoms with Gasteiger partial charge >= 0.3 is 0 Å². The minimum atomic E-state index is 0.358. The zero-order chi connectivity index (χ0) is 8.91. The Morgan fingerprint density at radius 1 is 1.36 bits per heavy atom. The van der Waals surface area contributed by atoms with E-state index in [4.69, 9.17) is 0 Å². The van der Waals surface area contributed by atoms with E-state index in [-0.39, 0.29) is 0 Å². The molecule has 0 saturated carbocycles. The molecule has 0 aliphatic heterocycles. The molecule has 1 atom stereocenters. The van der Waals surface area contributed by atoms with Crippen LogP contribution in [-0.4, -0.2) is 29.8 Å². The van der Waals surface area contributed by atoms with Gasteiger partial charge < -0.3 is 4.90 Å². The molecule has 0 amide bonds. The monoisotopic (exact) mass is 175 g/mol. The third-order valence-electron chi connectivity index (χ3n) is 2.81. The Morgan fingerprint density at radius 2 is 1.91 bits per heavy atom. The summed E-state index contributed by atoms with van der Waals surface area (Å²) in [6.45, 7) is 7.88. The Kier molecular flexibility index (Phi) is 5.19. The van der Waals surface area contributed by atoms with E-state index in [1.807, 2.05) is 0 Å². The van der Waals surface area contributed by atoms with Crippen LogP contribution in [0.4, 0.5) is 0 Å². The number of hydrogen-bond donors (Lipinski definition) is 1. The molecule has 0 bridgehead atoms. The van der Waals surface area contributed by atoms with E-state index < -0.39 is 0 Å². The van der Waals surface area contributed by atoms with E-state index in [2.05, 4.69) is 45.3 Å². The molecule has 0 heterocycles. The summed E-state index contributed by atoms with van der Waals surface area (Å²) in [6.07, 6.45) is 2.38. The van der Waals surface area contributed by atoms with E-state index >= 15 is 0 Å². The Morgan fingerprint density at radius 3 is 2.18 bits per heavy atom. The lowest BCUT2D eigenvalue weighted by molar-refractivity contribution is 0.135. The van der Waals surface area contributed by atoms with Crippen LogP contribution >= 0.6 is 12.6 Å². The van der Waals surface area contributed by atoms with Crippen molar-refractivity contribution in [1.82, 2.24) is 4.90 Å². The highest BCUT2D eigenvalue weighted by atomic mass is 32.1. The van der Waals surface area contributed by atoms with Crippen LogP contribution in [0.2, 0.25) is 0 Å². The maximum Gasteiger partial charge on any atom is 0.0183 e. The highest BCUT2D eigenvalue weighted by Gasteiger charge is 2.24. The van der Waals surface area contributed by atoms with Crippen molar-refractivity contribution >= 4 is 12.6 Å². The summed E-state index contributed by atoms with van der Waals surface area (Å²) in [5.41, 5.74) is 0.358. The highest BCUT2D eigenvalue weighted by molar-refractivity contribution is 7.80. The zero-order valence-electron chi connectivity index (χ0n) is 8.22. The predicted molar refractivity (Wildman–Crippen MR) is 55.5 cm³/mol. The second kappa shape index (κ2) is 5.04. The van der Waals surface area contributed by atoms with E-state index in [0.29, 0.717) is 5.54 Å². The molecule has 0 aliphatic rings. The van der Waals surface area contributed by atoms with Crippen molar-refractivity contribution in [2.24, 2.45) is 0 Å². The predicted octanol–water partition coefficient (Wildman–Crippen LogP) is 2.43. The smallest absolute Gasteiger partial charge is 0.0183 e. The Hall–Kier alpha value is 0.310. The van der Waals surface area contributed by atoms with Gasteiger partial charge in [0.05, 0.1) is 0 Å². The third kappa shape index (κ3) is 3.04. The van der Waals surface area contributed by atoms with Gasteiger partial charge in [-0.3, -0.25) is 0 Å². The minimum absolute atomic E-state index is 0.358. The molecular weight excluding hydrogens is 154 g/mol. The maximum absolute atomic E-state index is 4.27. The van der Waals surface area contributed by atoms with Crippen molar-refractivity contribution < 1.29 is 0 Å². The first-order valence-corrected chi connectivity index (χ1v) is 5.06. The van der Waals surface area contributed by atoms with E-state index in [0.717, 1.165) is 12.3 Å². The summed E-state index contributed by atoms with van der Waals surface area (Å²) in [6, 6.07) is 0. The minimum Gasteiger partial charge on any atom is -0.301 e. The van der Waals surface area contributed by atoms with Gasteiger partial charge in [0.25, 0.3) is 0 Å². The lowest BCUT2D eigenvalue weighted by Crippen LogP contribution is -2.43. The summed E-state index contributed by atoms with van der Waals surface area (Å²) in [4.78, 5) is 2.41. The van der Waals surface area contributed by atoms with Crippen LogP contribution < -0.4 is 0 Å². The molecule has 0 aromatic heterocycles. The molecule has 0 aromatic carbocycles. The quantitative estimate of drug-likeness (QED) is 0.628. The molecule has 0 spiro atoms. The molecule has 1 nitrogen and oxygen atoms in total. The maximum atomic E-state index is 4.27. The van der Waals surface area contributed by atoms with Gasteiger partial charge in [-0.05, 0) is 39.1 Å². The number of hydrogen-bond acceptors (Lipinski definition) is 2. The zero-order valence-corrected chi connectivity index (χ0v) is 9.12. The Bertz CT molecular complexity index is 106. The van der Waals surface area contributed by atoms with Crippen LogP contribution in [0, 0.1) is 0 Å². The van der Waals surface area contributed by atoms with Gasteiger partial charge in [-0.15, -0.1) is 0 Å². The first-order valence-electron chi connectivity index (χ1n) is 4.42. The highest BCUT2D eigenvalue weighted by Crippen LogP contribution is 2.21. The first-order chi connectivity index (χ1) is 5.10. The number of rotatable bonds is 5. The van der Waals surface area contributed by atoms with Crippen LogP contribution in [0.1, 0.15) is 33.6 Å². The lowest BCUT2D eigenvalue weighted by Gasteiger charge is -2.37. The van der Waals surface area contributed by atoms with Crippen molar-refractivity contribution in [3.8, 4) is 0 Å². The van der Waals surface area contributed by atoms with Crippen molar-refractivity contribution in [1.29, 1.82) is 0 Å². The Labute approximate surface area is 76.6 Å². The van der Waals surface area contributed by atoms with Crippen molar-refractivity contribution in [2.45, 2.75) is 39.2 Å². The first kappa shape index (κ1) is 11.3. The fourth-order valence-corrected chi connectivity index (χ4v) is 1.74. The molecule has 0 saturated heterocycles. The molecule has 68 valence electrons. The lowest BCUT2D eigenvalue weighted by atomic mass is 9.94. The second-order valence-corrected chi connectivity index (χ2v) is 3.79. The average Bonchev–Trinajstić information content (AvgIpc) is 2.03. The van der Waals surface area contributed by atoms with Crippen LogP contribution in [0.3, 0.4) is 0 Å². The van der Waals surface area contributed by atoms with Crippen molar-refractivity contribution in [2.75, 3.05) is 19.3 Å². The normalized spacial score (nSPS) is 16.9. The fraction of sp³-hybridized carbons (Fsp3) is 1.00. The largest absolute Gasteiger partial charge is 0.301 e. The van der Waals surface area contributed by atoms with Crippen molar-refractivity contribution in [3.05, 3.63) is 0 Å². The second-order valence-electron chi connectivity index (χ2n) is 3.34. The molecule has 0 radical (unpaired) electrons. The van der Waals surface area contributed by atoms with Gasteiger partial charge in [-0.25, -0.2) is 0 Å². The molecule has 2 heteroatoms. The summed E-state index contributed by atoms with van der Waals surface area (Å²) in [5.74, 6) is 0.981. The van der Waals surface area contributed by atoms with Crippen LogP contribution in [0.5, 0.6) is 0 Å². The number of nitrogens with zero attached hydrogens (tertiary/aromatic N) is 1. The van der Waals surface area contributed by atoms with Crippen LogP contribution in [0.15, 0.2) is 0 Å². The molecule has 0 fully saturated rings. The summed E-state index contributed by atoms with van der Waals surface area (Å²) < 4.78 is 0. The van der Waals surface area contributed by atoms with Gasteiger partial charge in [0.2, 0.25) is 0 Å². The van der Waals surface area contributed by atoms with Crippen molar-refractivity contribution in [3.63, 3.8) is 0 Å². The molecular formula is C9H21NS. The van der Waals surface area contributed by atoms with Gasteiger partial charge in [0, 0.05) is 5.54 Å². The third-order valence-corrected chi connectivity index (χ3v) is 3.03. The molecule has 0 aliphatic carbocycles. The molecule has 1 unspecified atom stereocenters. The Balaban J connectivity index is 4.07. The summed E-state index contributed by atoms with van der Waals surface area (Å²) in [5, 5.41) is 0. The topological polar surface area (TPSA) is 3.24 Å². The molecule has 0 N–H and O–H groups in total. The van der Waals surface area contributed by atoms with E-state index in [9.17, 15) is 0 Å². The summed E-state index contributed by atoms with van der Waals surface area (Å²) in [7, 11) is 2.19. The molecule has 11 heavy (non-hydrogen) atoms. The summed E-state index contributed by atoms with van der Waals surface area (Å²) >= 11 is 4.27. The van der Waals surface area contributed by atoms with Crippen LogP contribution in [0.25, 0.3) is 0 Å². The molecule has 0 aromatic rings. The van der Waals surface area contributed by atoms with Gasteiger partial charge in [0.1, 0.15) is 0 Å². The van der Waals surface area contributed by atoms with E-state index in [1.54, 1.807) is 0 Å². The number of thiol groups is 1. The SMILES string of the molecule is CCN(C)C(C)(CC)CCS. The van der Waals surface area contributed by atoms with Crippen LogP contribution in [-0.2, 0) is 0 Å². The van der Waals surface area contributed by atoms with E-state index in [1.165, 1.54) is 12.8 Å². The fourth-order valence-electron chi connectivity index (χ4n) is 1.26. The molecule has 0 rings (SSSR count).